The standard InChI is InChI=1S/C14H21NO3/c1-10(2)9-18-13-6-4-12(5-7-13)11(3)15-8-14(16)17/h4-7,10-11,15H,8-9H2,1-3H3,(H,16,17). The molecule has 0 aliphatic heterocycles. The Balaban J connectivity index is 2.51. The molecule has 0 fully saturated rings. The van der Waals surface area contributed by atoms with Crippen molar-refractivity contribution >= 4 is 5.97 Å². The van der Waals surface area contributed by atoms with E-state index in [-0.39, 0.29) is 12.6 Å². The van der Waals surface area contributed by atoms with Gasteiger partial charge in [0.15, 0.2) is 0 Å². The largest absolute Gasteiger partial charge is 0.493 e. The molecule has 4 heteroatoms. The number of benzene rings is 1. The summed E-state index contributed by atoms with van der Waals surface area (Å²) < 4.78 is 5.59. The molecule has 0 bridgehead atoms. The zero-order valence-electron chi connectivity index (χ0n) is 11.1. The van der Waals surface area contributed by atoms with Gasteiger partial charge in [-0.25, -0.2) is 0 Å². The van der Waals surface area contributed by atoms with Crippen LogP contribution >= 0.6 is 0 Å². The quantitative estimate of drug-likeness (QED) is 0.781. The lowest BCUT2D eigenvalue weighted by atomic mass is 10.1. The van der Waals surface area contributed by atoms with Crippen LogP contribution in [-0.2, 0) is 4.79 Å². The number of hydrogen-bond acceptors (Lipinski definition) is 3. The number of aliphatic carboxylic acids is 1. The van der Waals surface area contributed by atoms with Crippen LogP contribution in [0.3, 0.4) is 0 Å². The molecule has 0 aliphatic carbocycles. The molecule has 0 aromatic heterocycles. The van der Waals surface area contributed by atoms with E-state index in [1.165, 1.54) is 0 Å². The van der Waals surface area contributed by atoms with E-state index in [1.54, 1.807) is 0 Å². The molecule has 0 saturated heterocycles. The minimum absolute atomic E-state index is 0.0141. The van der Waals surface area contributed by atoms with E-state index in [4.69, 9.17) is 9.84 Å². The van der Waals surface area contributed by atoms with Crippen LogP contribution in [0.4, 0.5) is 0 Å². The minimum Gasteiger partial charge on any atom is -0.493 e. The number of rotatable bonds is 7. The van der Waals surface area contributed by atoms with Crippen LogP contribution in [0.15, 0.2) is 24.3 Å². The highest BCUT2D eigenvalue weighted by atomic mass is 16.5. The molecule has 100 valence electrons. The molecule has 1 unspecified atom stereocenters. The smallest absolute Gasteiger partial charge is 0.317 e. The lowest BCUT2D eigenvalue weighted by Gasteiger charge is -2.14. The van der Waals surface area contributed by atoms with Gasteiger partial charge < -0.3 is 15.2 Å². The maximum absolute atomic E-state index is 10.5. The first-order valence-corrected chi connectivity index (χ1v) is 6.17. The van der Waals surface area contributed by atoms with E-state index in [2.05, 4.69) is 19.2 Å². The summed E-state index contributed by atoms with van der Waals surface area (Å²) in [6.45, 7) is 6.81. The van der Waals surface area contributed by atoms with Gasteiger partial charge in [0.05, 0.1) is 13.2 Å². The predicted octanol–water partition coefficient (Wildman–Crippen LogP) is 2.46. The second-order valence-electron chi connectivity index (χ2n) is 4.77. The van der Waals surface area contributed by atoms with Gasteiger partial charge in [0, 0.05) is 6.04 Å². The summed E-state index contributed by atoms with van der Waals surface area (Å²) in [6, 6.07) is 7.75. The van der Waals surface area contributed by atoms with Gasteiger partial charge in [-0.15, -0.1) is 0 Å². The normalized spacial score (nSPS) is 12.4. The number of ether oxygens (including phenoxy) is 1. The van der Waals surface area contributed by atoms with Gasteiger partial charge in [-0.1, -0.05) is 26.0 Å². The summed E-state index contributed by atoms with van der Waals surface area (Å²) in [6.07, 6.45) is 0. The van der Waals surface area contributed by atoms with Crippen LogP contribution in [0.1, 0.15) is 32.4 Å². The Hall–Kier alpha value is -1.55. The van der Waals surface area contributed by atoms with Crippen LogP contribution in [0.2, 0.25) is 0 Å². The summed E-state index contributed by atoms with van der Waals surface area (Å²) in [5.41, 5.74) is 1.05. The summed E-state index contributed by atoms with van der Waals surface area (Å²) in [5.74, 6) is 0.498. The molecule has 1 rings (SSSR count). The highest BCUT2D eigenvalue weighted by molar-refractivity contribution is 5.69. The average Bonchev–Trinajstić information content (AvgIpc) is 2.34. The molecule has 0 spiro atoms. The summed E-state index contributed by atoms with van der Waals surface area (Å²) in [4.78, 5) is 10.5. The maximum atomic E-state index is 10.5. The zero-order valence-corrected chi connectivity index (χ0v) is 11.1. The second-order valence-corrected chi connectivity index (χ2v) is 4.77. The summed E-state index contributed by atoms with van der Waals surface area (Å²) in [5, 5.41) is 11.5. The number of carboxylic acids is 1. The van der Waals surface area contributed by atoms with Crippen molar-refractivity contribution in [3.8, 4) is 5.75 Å². The van der Waals surface area contributed by atoms with Crippen LogP contribution in [-0.4, -0.2) is 24.2 Å². The van der Waals surface area contributed by atoms with Crippen molar-refractivity contribution in [3.05, 3.63) is 29.8 Å². The monoisotopic (exact) mass is 251 g/mol. The first-order chi connectivity index (χ1) is 8.49. The maximum Gasteiger partial charge on any atom is 0.317 e. The first-order valence-electron chi connectivity index (χ1n) is 6.17. The van der Waals surface area contributed by atoms with Gasteiger partial charge in [-0.05, 0) is 30.5 Å². The third-order valence-electron chi connectivity index (χ3n) is 2.52. The van der Waals surface area contributed by atoms with Crippen LogP contribution < -0.4 is 10.1 Å². The Morgan fingerprint density at radius 3 is 2.39 bits per heavy atom. The van der Waals surface area contributed by atoms with Crippen molar-refractivity contribution in [2.75, 3.05) is 13.2 Å². The fourth-order valence-electron chi connectivity index (χ4n) is 1.47. The number of carbonyl (C=O) groups is 1. The lowest BCUT2D eigenvalue weighted by molar-refractivity contribution is -0.136. The molecule has 0 heterocycles. The Bertz CT molecular complexity index is 373. The van der Waals surface area contributed by atoms with Gasteiger partial charge in [0.2, 0.25) is 0 Å². The van der Waals surface area contributed by atoms with Crippen molar-refractivity contribution in [1.82, 2.24) is 5.32 Å². The van der Waals surface area contributed by atoms with Crippen molar-refractivity contribution < 1.29 is 14.6 Å². The van der Waals surface area contributed by atoms with Gasteiger partial charge in [0.1, 0.15) is 5.75 Å². The Morgan fingerprint density at radius 1 is 1.28 bits per heavy atom. The molecule has 18 heavy (non-hydrogen) atoms. The van der Waals surface area contributed by atoms with Gasteiger partial charge >= 0.3 is 5.97 Å². The molecule has 2 N–H and O–H groups in total. The molecular formula is C14H21NO3. The van der Waals surface area contributed by atoms with Crippen molar-refractivity contribution in [1.29, 1.82) is 0 Å². The third kappa shape index (κ3) is 5.19. The number of hydrogen-bond donors (Lipinski definition) is 2. The SMILES string of the molecule is CC(C)COc1ccc(C(C)NCC(=O)O)cc1. The third-order valence-corrected chi connectivity index (χ3v) is 2.52. The molecule has 0 radical (unpaired) electrons. The van der Waals surface area contributed by atoms with Crippen molar-refractivity contribution in [3.63, 3.8) is 0 Å². The Morgan fingerprint density at radius 2 is 1.89 bits per heavy atom. The van der Waals surface area contributed by atoms with Crippen molar-refractivity contribution in [2.24, 2.45) is 5.92 Å². The zero-order chi connectivity index (χ0) is 13.5. The van der Waals surface area contributed by atoms with Gasteiger partial charge in [-0.2, -0.15) is 0 Å². The first kappa shape index (κ1) is 14.5. The fraction of sp³-hybridized carbons (Fsp3) is 0.500. The fourth-order valence-corrected chi connectivity index (χ4v) is 1.47. The van der Waals surface area contributed by atoms with Crippen LogP contribution in [0.5, 0.6) is 5.75 Å². The molecular weight excluding hydrogens is 230 g/mol. The Labute approximate surface area is 108 Å². The minimum atomic E-state index is -0.848. The van der Waals surface area contributed by atoms with E-state index in [0.29, 0.717) is 12.5 Å². The molecule has 4 nitrogen and oxygen atoms in total. The van der Waals surface area contributed by atoms with Crippen LogP contribution in [0.25, 0.3) is 0 Å². The predicted molar refractivity (Wildman–Crippen MR) is 70.8 cm³/mol. The molecule has 1 aromatic rings. The van der Waals surface area contributed by atoms with Gasteiger partial charge in [0.25, 0.3) is 0 Å². The second kappa shape index (κ2) is 7.01. The van der Waals surface area contributed by atoms with Gasteiger partial charge in [-0.3, -0.25) is 4.79 Å². The summed E-state index contributed by atoms with van der Waals surface area (Å²) >= 11 is 0. The van der Waals surface area contributed by atoms with Crippen LogP contribution in [0, 0.1) is 5.92 Å². The number of nitrogens with one attached hydrogen (secondary N) is 1. The van der Waals surface area contributed by atoms with E-state index in [1.807, 2.05) is 31.2 Å². The van der Waals surface area contributed by atoms with E-state index < -0.39 is 5.97 Å². The topological polar surface area (TPSA) is 58.6 Å². The van der Waals surface area contributed by atoms with E-state index >= 15 is 0 Å². The average molecular weight is 251 g/mol. The van der Waals surface area contributed by atoms with E-state index in [9.17, 15) is 4.79 Å². The molecule has 0 saturated carbocycles. The lowest BCUT2D eigenvalue weighted by Crippen LogP contribution is -2.25. The highest BCUT2D eigenvalue weighted by Gasteiger charge is 2.06. The molecule has 0 aliphatic rings. The Kier molecular flexibility index (Phi) is 5.65. The van der Waals surface area contributed by atoms with Crippen molar-refractivity contribution in [2.45, 2.75) is 26.8 Å². The summed E-state index contributed by atoms with van der Waals surface area (Å²) in [7, 11) is 0. The molecule has 1 aromatic carbocycles. The molecule has 0 amide bonds. The molecule has 1 atom stereocenters. The van der Waals surface area contributed by atoms with E-state index in [0.717, 1.165) is 11.3 Å². The number of carboxylic acid groups (broad SMARTS) is 1. The highest BCUT2D eigenvalue weighted by Crippen LogP contribution is 2.17.